The standard InChI is InChI=1S/C17H21N3O/c1-2-18-16-14-9-5-4-8-13(14)15(12-19-16)17(21)20-10-6-3-7-11-20/h4-5,8-9,12H,2-3,6-7,10-11H2,1H3,(H,18,19). The summed E-state index contributed by atoms with van der Waals surface area (Å²) < 4.78 is 0. The van der Waals surface area contributed by atoms with Gasteiger partial charge in [-0.1, -0.05) is 24.3 Å². The van der Waals surface area contributed by atoms with Gasteiger partial charge < -0.3 is 10.2 Å². The van der Waals surface area contributed by atoms with E-state index in [0.717, 1.165) is 49.1 Å². The minimum atomic E-state index is 0.112. The summed E-state index contributed by atoms with van der Waals surface area (Å²) in [7, 11) is 0. The second-order valence-corrected chi connectivity index (χ2v) is 5.45. The maximum Gasteiger partial charge on any atom is 0.256 e. The van der Waals surface area contributed by atoms with E-state index in [1.54, 1.807) is 6.20 Å². The van der Waals surface area contributed by atoms with E-state index < -0.39 is 0 Å². The number of nitrogens with one attached hydrogen (secondary N) is 1. The minimum absolute atomic E-state index is 0.112. The van der Waals surface area contributed by atoms with Crippen molar-refractivity contribution in [2.75, 3.05) is 25.0 Å². The van der Waals surface area contributed by atoms with Crippen molar-refractivity contribution in [1.82, 2.24) is 9.88 Å². The van der Waals surface area contributed by atoms with E-state index >= 15 is 0 Å². The zero-order valence-corrected chi connectivity index (χ0v) is 12.4. The van der Waals surface area contributed by atoms with Crippen LogP contribution in [0.5, 0.6) is 0 Å². The number of aromatic nitrogens is 1. The van der Waals surface area contributed by atoms with Gasteiger partial charge in [0.2, 0.25) is 0 Å². The summed E-state index contributed by atoms with van der Waals surface area (Å²) in [5, 5.41) is 5.26. The quantitative estimate of drug-likeness (QED) is 0.940. The van der Waals surface area contributed by atoms with Gasteiger partial charge in [-0.25, -0.2) is 4.98 Å². The second-order valence-electron chi connectivity index (χ2n) is 5.45. The van der Waals surface area contributed by atoms with Crippen LogP contribution in [-0.4, -0.2) is 35.4 Å². The smallest absolute Gasteiger partial charge is 0.256 e. The van der Waals surface area contributed by atoms with Crippen molar-refractivity contribution in [2.24, 2.45) is 0 Å². The van der Waals surface area contributed by atoms with E-state index in [1.807, 2.05) is 36.1 Å². The first kappa shape index (κ1) is 13.9. The molecule has 1 N–H and O–H groups in total. The predicted molar refractivity (Wildman–Crippen MR) is 85.7 cm³/mol. The summed E-state index contributed by atoms with van der Waals surface area (Å²) in [6, 6.07) is 7.99. The van der Waals surface area contributed by atoms with Crippen LogP contribution in [0.2, 0.25) is 0 Å². The number of pyridine rings is 1. The predicted octanol–water partition coefficient (Wildman–Crippen LogP) is 3.29. The maximum atomic E-state index is 12.7. The highest BCUT2D eigenvalue weighted by atomic mass is 16.2. The lowest BCUT2D eigenvalue weighted by molar-refractivity contribution is 0.0726. The van der Waals surface area contributed by atoms with Crippen molar-refractivity contribution < 1.29 is 4.79 Å². The molecule has 0 radical (unpaired) electrons. The Hall–Kier alpha value is -2.10. The number of anilines is 1. The molecular formula is C17H21N3O. The Morgan fingerprint density at radius 1 is 1.19 bits per heavy atom. The normalized spacial score (nSPS) is 15.2. The molecule has 4 heteroatoms. The number of hydrogen-bond acceptors (Lipinski definition) is 3. The Bertz CT molecular complexity index is 648. The summed E-state index contributed by atoms with van der Waals surface area (Å²) in [4.78, 5) is 19.2. The van der Waals surface area contributed by atoms with Crippen LogP contribution in [0.25, 0.3) is 10.8 Å². The average molecular weight is 283 g/mol. The molecule has 0 bridgehead atoms. The fourth-order valence-electron chi connectivity index (χ4n) is 2.94. The summed E-state index contributed by atoms with van der Waals surface area (Å²) in [5.41, 5.74) is 0.717. The molecule has 1 aromatic heterocycles. The van der Waals surface area contributed by atoms with Crippen LogP contribution in [0, 0.1) is 0 Å². The molecule has 0 atom stereocenters. The topological polar surface area (TPSA) is 45.2 Å². The monoisotopic (exact) mass is 283 g/mol. The third-order valence-corrected chi connectivity index (χ3v) is 4.01. The fourth-order valence-corrected chi connectivity index (χ4v) is 2.94. The number of likely N-dealkylation sites (tertiary alicyclic amines) is 1. The zero-order valence-electron chi connectivity index (χ0n) is 12.4. The summed E-state index contributed by atoms with van der Waals surface area (Å²) in [6.45, 7) is 4.59. The molecule has 2 heterocycles. The van der Waals surface area contributed by atoms with Crippen LogP contribution < -0.4 is 5.32 Å². The van der Waals surface area contributed by atoms with Gasteiger partial charge in [0.1, 0.15) is 5.82 Å². The molecule has 1 aliphatic rings. The molecular weight excluding hydrogens is 262 g/mol. The first-order chi connectivity index (χ1) is 10.3. The van der Waals surface area contributed by atoms with Gasteiger partial charge in [-0.15, -0.1) is 0 Å². The van der Waals surface area contributed by atoms with Crippen LogP contribution in [0.4, 0.5) is 5.82 Å². The molecule has 3 rings (SSSR count). The van der Waals surface area contributed by atoms with Crippen molar-refractivity contribution >= 4 is 22.5 Å². The molecule has 0 saturated carbocycles. The lowest BCUT2D eigenvalue weighted by Crippen LogP contribution is -2.35. The summed E-state index contributed by atoms with van der Waals surface area (Å²) >= 11 is 0. The molecule has 1 aromatic carbocycles. The largest absolute Gasteiger partial charge is 0.370 e. The number of piperidine rings is 1. The summed E-state index contributed by atoms with van der Waals surface area (Å²) in [5.74, 6) is 0.963. The SMILES string of the molecule is CCNc1ncc(C(=O)N2CCCCC2)c2ccccc12. The van der Waals surface area contributed by atoms with Gasteiger partial charge in [-0.05, 0) is 31.6 Å². The van der Waals surface area contributed by atoms with Crippen LogP contribution in [0.15, 0.2) is 30.5 Å². The third-order valence-electron chi connectivity index (χ3n) is 4.01. The number of amides is 1. The molecule has 4 nitrogen and oxygen atoms in total. The number of hydrogen-bond donors (Lipinski definition) is 1. The number of nitrogens with zero attached hydrogens (tertiary/aromatic N) is 2. The molecule has 110 valence electrons. The Morgan fingerprint density at radius 3 is 2.62 bits per heavy atom. The lowest BCUT2D eigenvalue weighted by Gasteiger charge is -2.27. The van der Waals surface area contributed by atoms with Crippen LogP contribution in [-0.2, 0) is 0 Å². The van der Waals surface area contributed by atoms with E-state index in [0.29, 0.717) is 5.56 Å². The average Bonchev–Trinajstić information content (AvgIpc) is 2.56. The van der Waals surface area contributed by atoms with E-state index in [-0.39, 0.29) is 5.91 Å². The van der Waals surface area contributed by atoms with Gasteiger partial charge in [-0.2, -0.15) is 0 Å². The Balaban J connectivity index is 2.02. The lowest BCUT2D eigenvalue weighted by atomic mass is 10.0. The van der Waals surface area contributed by atoms with Gasteiger partial charge in [0.25, 0.3) is 5.91 Å². The fraction of sp³-hybridized carbons (Fsp3) is 0.412. The van der Waals surface area contributed by atoms with E-state index in [1.165, 1.54) is 6.42 Å². The number of carbonyl (C=O) groups excluding carboxylic acids is 1. The first-order valence-electron chi connectivity index (χ1n) is 7.72. The number of carbonyl (C=O) groups is 1. The van der Waals surface area contributed by atoms with Crippen molar-refractivity contribution in [2.45, 2.75) is 26.2 Å². The minimum Gasteiger partial charge on any atom is -0.370 e. The van der Waals surface area contributed by atoms with E-state index in [4.69, 9.17) is 0 Å². The molecule has 1 fully saturated rings. The van der Waals surface area contributed by atoms with Gasteiger partial charge in [0, 0.05) is 31.2 Å². The van der Waals surface area contributed by atoms with E-state index in [9.17, 15) is 4.79 Å². The van der Waals surface area contributed by atoms with Gasteiger partial charge in [-0.3, -0.25) is 4.79 Å². The van der Waals surface area contributed by atoms with Gasteiger partial charge >= 0.3 is 0 Å². The highest BCUT2D eigenvalue weighted by Crippen LogP contribution is 2.26. The number of benzene rings is 1. The molecule has 1 aliphatic heterocycles. The third kappa shape index (κ3) is 2.71. The van der Waals surface area contributed by atoms with Crippen molar-refractivity contribution in [3.8, 4) is 0 Å². The molecule has 21 heavy (non-hydrogen) atoms. The Morgan fingerprint density at radius 2 is 1.90 bits per heavy atom. The van der Waals surface area contributed by atoms with Crippen LogP contribution >= 0.6 is 0 Å². The molecule has 1 amide bonds. The van der Waals surface area contributed by atoms with Crippen molar-refractivity contribution in [1.29, 1.82) is 0 Å². The number of fused-ring (bicyclic) bond motifs is 1. The van der Waals surface area contributed by atoms with E-state index in [2.05, 4.69) is 10.3 Å². The summed E-state index contributed by atoms with van der Waals surface area (Å²) in [6.07, 6.45) is 5.15. The molecule has 0 spiro atoms. The molecule has 0 unspecified atom stereocenters. The highest BCUT2D eigenvalue weighted by molar-refractivity contribution is 6.09. The molecule has 0 aliphatic carbocycles. The Labute approximate surface area is 125 Å². The van der Waals surface area contributed by atoms with Gasteiger partial charge in [0.05, 0.1) is 5.56 Å². The number of rotatable bonds is 3. The second kappa shape index (κ2) is 6.12. The van der Waals surface area contributed by atoms with Crippen LogP contribution in [0.1, 0.15) is 36.5 Å². The van der Waals surface area contributed by atoms with Crippen LogP contribution in [0.3, 0.4) is 0 Å². The molecule has 1 saturated heterocycles. The van der Waals surface area contributed by atoms with Crippen molar-refractivity contribution in [3.05, 3.63) is 36.0 Å². The Kier molecular flexibility index (Phi) is 4.04. The highest BCUT2D eigenvalue weighted by Gasteiger charge is 2.21. The zero-order chi connectivity index (χ0) is 14.7. The maximum absolute atomic E-state index is 12.7. The molecule has 2 aromatic rings. The van der Waals surface area contributed by atoms with Crippen molar-refractivity contribution in [3.63, 3.8) is 0 Å². The van der Waals surface area contributed by atoms with Gasteiger partial charge in [0.15, 0.2) is 0 Å². The first-order valence-corrected chi connectivity index (χ1v) is 7.72.